The maximum Gasteiger partial charge on any atom is 0.251 e. The lowest BCUT2D eigenvalue weighted by Gasteiger charge is -2.26. The number of ether oxygens (including phenoxy) is 1. The van der Waals surface area contributed by atoms with E-state index in [1.165, 1.54) is 6.07 Å². The lowest BCUT2D eigenvalue weighted by molar-refractivity contribution is 0.0903. The van der Waals surface area contributed by atoms with Gasteiger partial charge in [-0.1, -0.05) is 17.7 Å². The molecule has 5 rings (SSSR count). The molecule has 9 heteroatoms. The summed E-state index contributed by atoms with van der Waals surface area (Å²) in [4.78, 5) is 22.2. The van der Waals surface area contributed by atoms with Gasteiger partial charge in [0.15, 0.2) is 0 Å². The van der Waals surface area contributed by atoms with E-state index in [4.69, 9.17) is 16.3 Å². The third-order valence-corrected chi connectivity index (χ3v) is 6.89. The molecule has 2 fully saturated rings. The highest BCUT2D eigenvalue weighted by atomic mass is 35.5. The van der Waals surface area contributed by atoms with Gasteiger partial charge >= 0.3 is 0 Å². The van der Waals surface area contributed by atoms with Crippen molar-refractivity contribution >= 4 is 17.5 Å². The molecule has 0 spiro atoms. The minimum Gasteiger partial charge on any atom is -0.381 e. The molecule has 0 radical (unpaired) electrons. The Kier molecular flexibility index (Phi) is 6.89. The van der Waals surface area contributed by atoms with Crippen molar-refractivity contribution in [1.29, 1.82) is 0 Å². The molecular weight excluding hydrogens is 457 g/mol. The predicted molar refractivity (Wildman–Crippen MR) is 130 cm³/mol. The van der Waals surface area contributed by atoms with E-state index in [9.17, 15) is 9.18 Å². The summed E-state index contributed by atoms with van der Waals surface area (Å²) in [5.74, 6) is 0.226. The first-order valence-corrected chi connectivity index (χ1v) is 12.0. The van der Waals surface area contributed by atoms with Gasteiger partial charge in [0, 0.05) is 49.8 Å². The molecule has 178 valence electrons. The lowest BCUT2D eigenvalue weighted by Crippen LogP contribution is -2.31. The third kappa shape index (κ3) is 4.99. The number of hydrogen-bond acceptors (Lipinski definition) is 6. The van der Waals surface area contributed by atoms with Crippen LogP contribution in [0.3, 0.4) is 0 Å². The molecule has 4 heterocycles. The van der Waals surface area contributed by atoms with Crippen molar-refractivity contribution in [2.75, 3.05) is 31.6 Å². The zero-order valence-electron chi connectivity index (χ0n) is 18.7. The normalized spacial score (nSPS) is 19.8. The summed E-state index contributed by atoms with van der Waals surface area (Å²) in [6.45, 7) is 3.08. The third-order valence-electron chi connectivity index (χ3n) is 6.58. The summed E-state index contributed by atoms with van der Waals surface area (Å²) >= 11 is 5.91. The van der Waals surface area contributed by atoms with Crippen LogP contribution in [-0.4, -0.2) is 46.9 Å². The largest absolute Gasteiger partial charge is 0.381 e. The zero-order valence-corrected chi connectivity index (χ0v) is 19.5. The molecule has 0 aliphatic carbocycles. The Labute approximate surface area is 202 Å². The number of anilines is 1. The van der Waals surface area contributed by atoms with E-state index < -0.39 is 5.82 Å². The summed E-state index contributed by atoms with van der Waals surface area (Å²) in [6, 6.07) is 10.0. The molecule has 0 unspecified atom stereocenters. The molecule has 0 amide bonds. The molecule has 2 aromatic heterocycles. The number of halogens is 2. The van der Waals surface area contributed by atoms with E-state index >= 15 is 0 Å². The van der Waals surface area contributed by atoms with Crippen molar-refractivity contribution in [2.45, 2.75) is 31.3 Å². The molecular formula is C25H27ClFN5O2. The van der Waals surface area contributed by atoms with Crippen LogP contribution in [0.5, 0.6) is 0 Å². The van der Waals surface area contributed by atoms with Crippen LogP contribution in [-0.2, 0) is 4.74 Å². The Hall–Kier alpha value is -2.81. The van der Waals surface area contributed by atoms with Gasteiger partial charge in [0.05, 0.1) is 16.8 Å². The highest BCUT2D eigenvalue weighted by Crippen LogP contribution is 2.32. The summed E-state index contributed by atoms with van der Waals surface area (Å²) in [6.07, 6.45) is 6.19. The van der Waals surface area contributed by atoms with Crippen molar-refractivity contribution in [1.82, 2.24) is 19.9 Å². The van der Waals surface area contributed by atoms with E-state index in [1.54, 1.807) is 41.2 Å². The van der Waals surface area contributed by atoms with Gasteiger partial charge in [0.1, 0.15) is 5.82 Å². The second kappa shape index (κ2) is 10.2. The SMILES string of the molecule is O=c1cc(-c2ccnc(NC3CCOCC3)n2)ccn1[C@@H](c1ccc(Cl)c(F)c1)[C@@H]1CCNC1. The molecule has 3 aromatic rings. The average Bonchev–Trinajstić information content (AvgIpc) is 3.38. The smallest absolute Gasteiger partial charge is 0.251 e. The fraction of sp³-hybridized carbons (Fsp3) is 0.400. The number of aromatic nitrogens is 3. The quantitative estimate of drug-likeness (QED) is 0.553. The Morgan fingerprint density at radius 3 is 2.76 bits per heavy atom. The Bertz CT molecular complexity index is 1210. The fourth-order valence-electron chi connectivity index (χ4n) is 4.80. The molecule has 0 bridgehead atoms. The summed E-state index contributed by atoms with van der Waals surface area (Å²) in [7, 11) is 0. The Balaban J connectivity index is 1.44. The lowest BCUT2D eigenvalue weighted by atomic mass is 9.91. The second-order valence-electron chi connectivity index (χ2n) is 8.83. The van der Waals surface area contributed by atoms with Gasteiger partial charge in [0.25, 0.3) is 5.56 Å². The van der Waals surface area contributed by atoms with Crippen LogP contribution in [0.2, 0.25) is 5.02 Å². The highest BCUT2D eigenvalue weighted by Gasteiger charge is 2.29. The Morgan fingerprint density at radius 1 is 1.18 bits per heavy atom. The van der Waals surface area contributed by atoms with Crippen LogP contribution >= 0.6 is 11.6 Å². The number of nitrogens with zero attached hydrogens (tertiary/aromatic N) is 3. The standard InChI is InChI=1S/C25H27ClFN5O2/c26-20-2-1-17(13-21(20)27)24(18-3-8-28-15-18)32-10-5-16(14-23(32)33)22-4-9-29-25(31-22)30-19-6-11-34-12-7-19/h1-2,4-5,9-10,13-14,18-19,24,28H,3,6-8,11-12,15H2,(H,29,30,31)/t18-,24+/m1/s1. The Morgan fingerprint density at radius 2 is 2.03 bits per heavy atom. The number of hydrogen-bond donors (Lipinski definition) is 2. The molecule has 2 aliphatic rings. The van der Waals surface area contributed by atoms with Gasteiger partial charge in [-0.2, -0.15) is 0 Å². The average molecular weight is 484 g/mol. The van der Waals surface area contributed by atoms with Crippen molar-refractivity contribution in [3.63, 3.8) is 0 Å². The summed E-state index contributed by atoms with van der Waals surface area (Å²) in [5, 5.41) is 6.79. The highest BCUT2D eigenvalue weighted by molar-refractivity contribution is 6.30. The van der Waals surface area contributed by atoms with Crippen LogP contribution in [0.1, 0.15) is 30.9 Å². The molecule has 2 saturated heterocycles. The van der Waals surface area contributed by atoms with E-state index in [0.717, 1.165) is 51.1 Å². The van der Waals surface area contributed by atoms with Crippen LogP contribution in [0.25, 0.3) is 11.3 Å². The molecule has 2 atom stereocenters. The molecule has 1 aromatic carbocycles. The van der Waals surface area contributed by atoms with Crippen LogP contribution < -0.4 is 16.2 Å². The van der Waals surface area contributed by atoms with Crippen LogP contribution in [0.15, 0.2) is 53.6 Å². The van der Waals surface area contributed by atoms with E-state index in [1.807, 2.05) is 6.07 Å². The van der Waals surface area contributed by atoms with Crippen LogP contribution in [0, 0.1) is 11.7 Å². The number of benzene rings is 1. The van der Waals surface area contributed by atoms with Crippen molar-refractivity contribution in [2.24, 2.45) is 5.92 Å². The van der Waals surface area contributed by atoms with Gasteiger partial charge in [-0.25, -0.2) is 14.4 Å². The topological polar surface area (TPSA) is 81.1 Å². The van der Waals surface area contributed by atoms with Gasteiger partial charge in [-0.3, -0.25) is 4.79 Å². The van der Waals surface area contributed by atoms with Crippen molar-refractivity contribution in [3.8, 4) is 11.3 Å². The van der Waals surface area contributed by atoms with E-state index in [0.29, 0.717) is 17.2 Å². The first-order valence-electron chi connectivity index (χ1n) is 11.6. The molecule has 0 saturated carbocycles. The first-order chi connectivity index (χ1) is 16.6. The van der Waals surface area contributed by atoms with Gasteiger partial charge in [-0.05, 0) is 61.6 Å². The minimum atomic E-state index is -0.481. The number of pyridine rings is 1. The van der Waals surface area contributed by atoms with Crippen molar-refractivity contribution < 1.29 is 9.13 Å². The molecule has 34 heavy (non-hydrogen) atoms. The van der Waals surface area contributed by atoms with Gasteiger partial charge in [0.2, 0.25) is 5.95 Å². The molecule has 7 nitrogen and oxygen atoms in total. The monoisotopic (exact) mass is 483 g/mol. The van der Waals surface area contributed by atoms with Gasteiger partial charge < -0.3 is 19.9 Å². The fourth-order valence-corrected chi connectivity index (χ4v) is 4.91. The summed E-state index contributed by atoms with van der Waals surface area (Å²) < 4.78 is 21.4. The van der Waals surface area contributed by atoms with Crippen molar-refractivity contribution in [3.05, 3.63) is 75.5 Å². The summed E-state index contributed by atoms with van der Waals surface area (Å²) in [5.41, 5.74) is 1.95. The minimum absolute atomic E-state index is 0.0728. The predicted octanol–water partition coefficient (Wildman–Crippen LogP) is 3.89. The maximum atomic E-state index is 14.3. The van der Waals surface area contributed by atoms with E-state index in [-0.39, 0.29) is 28.6 Å². The van der Waals surface area contributed by atoms with Gasteiger partial charge in [-0.15, -0.1) is 0 Å². The number of nitrogens with one attached hydrogen (secondary N) is 2. The zero-order chi connectivity index (χ0) is 23.5. The second-order valence-corrected chi connectivity index (χ2v) is 9.24. The number of rotatable bonds is 6. The van der Waals surface area contributed by atoms with E-state index in [2.05, 4.69) is 20.6 Å². The van der Waals surface area contributed by atoms with Crippen LogP contribution in [0.4, 0.5) is 10.3 Å². The molecule has 2 aliphatic heterocycles. The maximum absolute atomic E-state index is 14.3. The molecule has 2 N–H and O–H groups in total. The first kappa shape index (κ1) is 23.0.